The molecule has 1 saturated heterocycles. The Hall–Kier alpha value is -2.50. The molecule has 8 heteroatoms. The summed E-state index contributed by atoms with van der Waals surface area (Å²) in [6.45, 7) is 8.66. The number of hydrogen-bond acceptors (Lipinski definition) is 6. The smallest absolute Gasteiger partial charge is 0.260 e. The maximum Gasteiger partial charge on any atom is 0.260 e. The second-order valence-electron chi connectivity index (χ2n) is 7.45. The number of carbonyl (C=O) groups is 1. The Kier molecular flexibility index (Phi) is 7.63. The summed E-state index contributed by atoms with van der Waals surface area (Å²) in [5.41, 5.74) is 4.39. The van der Waals surface area contributed by atoms with Gasteiger partial charge in [-0.1, -0.05) is 17.4 Å². The fourth-order valence-corrected chi connectivity index (χ4v) is 4.57. The highest BCUT2D eigenvalue weighted by atomic mass is 35.5. The van der Waals surface area contributed by atoms with Crippen LogP contribution >= 0.6 is 23.7 Å². The van der Waals surface area contributed by atoms with Crippen molar-refractivity contribution in [3.63, 3.8) is 0 Å². The number of amides is 1. The summed E-state index contributed by atoms with van der Waals surface area (Å²) >= 11 is 1.54. The molecule has 31 heavy (non-hydrogen) atoms. The van der Waals surface area contributed by atoms with Crippen LogP contribution in [0.15, 0.2) is 36.4 Å². The Bertz CT molecular complexity index is 1100. The molecule has 1 aromatic heterocycles. The van der Waals surface area contributed by atoms with Gasteiger partial charge in [-0.2, -0.15) is 5.26 Å². The van der Waals surface area contributed by atoms with Crippen molar-refractivity contribution >= 4 is 45.0 Å². The van der Waals surface area contributed by atoms with Crippen molar-refractivity contribution in [1.29, 1.82) is 5.26 Å². The Morgan fingerprint density at radius 2 is 1.90 bits per heavy atom. The zero-order valence-corrected chi connectivity index (χ0v) is 19.3. The zero-order valence-electron chi connectivity index (χ0n) is 17.6. The quantitative estimate of drug-likeness (QED) is 0.575. The number of thiazole rings is 1. The number of rotatable bonds is 5. The van der Waals surface area contributed by atoms with Crippen LogP contribution in [-0.2, 0) is 4.74 Å². The van der Waals surface area contributed by atoms with Crippen LogP contribution < -0.4 is 4.90 Å². The van der Waals surface area contributed by atoms with Gasteiger partial charge in [0.25, 0.3) is 5.91 Å². The average molecular weight is 457 g/mol. The van der Waals surface area contributed by atoms with Crippen molar-refractivity contribution in [3.05, 3.63) is 58.7 Å². The summed E-state index contributed by atoms with van der Waals surface area (Å²) in [6, 6.07) is 13.1. The van der Waals surface area contributed by atoms with Gasteiger partial charge in [-0.25, -0.2) is 4.98 Å². The van der Waals surface area contributed by atoms with Crippen molar-refractivity contribution in [3.8, 4) is 6.07 Å². The van der Waals surface area contributed by atoms with Crippen LogP contribution in [0.4, 0.5) is 5.13 Å². The Morgan fingerprint density at radius 3 is 2.58 bits per heavy atom. The Morgan fingerprint density at radius 1 is 1.19 bits per heavy atom. The number of nitrogens with zero attached hydrogens (tertiary/aromatic N) is 4. The first-order chi connectivity index (χ1) is 14.6. The maximum absolute atomic E-state index is 13.4. The molecule has 0 atom stereocenters. The summed E-state index contributed by atoms with van der Waals surface area (Å²) in [4.78, 5) is 22.3. The average Bonchev–Trinajstić information content (AvgIpc) is 3.22. The first-order valence-corrected chi connectivity index (χ1v) is 10.9. The van der Waals surface area contributed by atoms with Crippen LogP contribution in [0.5, 0.6) is 0 Å². The molecule has 162 valence electrons. The summed E-state index contributed by atoms with van der Waals surface area (Å²) in [5, 5.41) is 9.75. The number of benzene rings is 2. The maximum atomic E-state index is 13.4. The minimum atomic E-state index is -0.0961. The van der Waals surface area contributed by atoms with Crippen LogP contribution in [0.3, 0.4) is 0 Å². The molecule has 1 amide bonds. The third kappa shape index (κ3) is 5.05. The Balaban J connectivity index is 0.00000272. The molecule has 1 aliphatic rings. The molecular formula is C23H25ClN4O2S. The first kappa shape index (κ1) is 23.2. The lowest BCUT2D eigenvalue weighted by Crippen LogP contribution is -2.43. The topological polar surface area (TPSA) is 69.5 Å². The van der Waals surface area contributed by atoms with E-state index in [0.29, 0.717) is 22.8 Å². The Labute approximate surface area is 192 Å². The third-order valence-electron chi connectivity index (χ3n) is 5.55. The molecule has 0 bridgehead atoms. The molecule has 3 aromatic rings. The predicted molar refractivity (Wildman–Crippen MR) is 126 cm³/mol. The van der Waals surface area contributed by atoms with Crippen molar-refractivity contribution in [2.75, 3.05) is 44.3 Å². The molecule has 0 unspecified atom stereocenters. The van der Waals surface area contributed by atoms with Crippen LogP contribution in [0.1, 0.15) is 27.0 Å². The van der Waals surface area contributed by atoms with Crippen molar-refractivity contribution in [2.45, 2.75) is 13.8 Å². The second kappa shape index (κ2) is 10.2. The monoisotopic (exact) mass is 456 g/mol. The largest absolute Gasteiger partial charge is 0.379 e. The molecule has 0 saturated carbocycles. The van der Waals surface area contributed by atoms with E-state index in [1.54, 1.807) is 40.5 Å². The number of morpholine rings is 1. The predicted octanol–water partition coefficient (Wildman–Crippen LogP) is 4.19. The molecule has 1 fully saturated rings. The molecule has 1 aliphatic heterocycles. The fraction of sp³-hybridized carbons (Fsp3) is 0.348. The van der Waals surface area contributed by atoms with E-state index in [1.807, 2.05) is 0 Å². The van der Waals surface area contributed by atoms with Gasteiger partial charge in [0.2, 0.25) is 0 Å². The van der Waals surface area contributed by atoms with Crippen LogP contribution in [0.2, 0.25) is 0 Å². The second-order valence-corrected chi connectivity index (χ2v) is 8.46. The molecule has 0 N–H and O–H groups in total. The lowest BCUT2D eigenvalue weighted by atomic mass is 10.1. The van der Waals surface area contributed by atoms with Gasteiger partial charge in [-0.05, 0) is 55.3 Å². The van der Waals surface area contributed by atoms with Gasteiger partial charge in [-0.3, -0.25) is 14.6 Å². The number of anilines is 1. The molecule has 0 radical (unpaired) electrons. The first-order valence-electron chi connectivity index (χ1n) is 10.1. The van der Waals surface area contributed by atoms with E-state index in [2.05, 4.69) is 36.9 Å². The van der Waals surface area contributed by atoms with E-state index in [9.17, 15) is 4.79 Å². The number of ether oxygens (including phenoxy) is 1. The molecule has 6 nitrogen and oxygen atoms in total. The van der Waals surface area contributed by atoms with Crippen molar-refractivity contribution < 1.29 is 9.53 Å². The third-order valence-corrected chi connectivity index (χ3v) is 6.60. The summed E-state index contributed by atoms with van der Waals surface area (Å²) < 4.78 is 6.52. The van der Waals surface area contributed by atoms with E-state index in [4.69, 9.17) is 15.0 Å². The van der Waals surface area contributed by atoms with Crippen LogP contribution in [-0.4, -0.2) is 55.2 Å². The molecule has 0 aliphatic carbocycles. The van der Waals surface area contributed by atoms with Gasteiger partial charge >= 0.3 is 0 Å². The lowest BCUT2D eigenvalue weighted by Gasteiger charge is -2.29. The van der Waals surface area contributed by atoms with E-state index in [0.717, 1.165) is 48.6 Å². The van der Waals surface area contributed by atoms with Crippen molar-refractivity contribution in [1.82, 2.24) is 9.88 Å². The van der Waals surface area contributed by atoms with Crippen LogP contribution in [0, 0.1) is 25.2 Å². The molecule has 2 heterocycles. The normalized spacial score (nSPS) is 14.1. The van der Waals surface area contributed by atoms with Gasteiger partial charge in [0.05, 0.1) is 35.1 Å². The van der Waals surface area contributed by atoms with Gasteiger partial charge in [0.15, 0.2) is 5.13 Å². The van der Waals surface area contributed by atoms with Gasteiger partial charge < -0.3 is 4.74 Å². The molecule has 0 spiro atoms. The van der Waals surface area contributed by atoms with E-state index in [1.165, 1.54) is 5.56 Å². The number of halogens is 1. The SMILES string of the molecule is Cc1ccc2sc(N(CCN3CCOCC3)C(=O)c3ccc(C#N)cc3)nc2c1C.Cl. The number of nitriles is 1. The highest BCUT2D eigenvalue weighted by Gasteiger charge is 2.23. The summed E-state index contributed by atoms with van der Waals surface area (Å²) in [7, 11) is 0. The lowest BCUT2D eigenvalue weighted by molar-refractivity contribution is 0.0391. The van der Waals surface area contributed by atoms with Gasteiger partial charge in [0, 0.05) is 31.7 Å². The number of aryl methyl sites for hydroxylation is 2. The standard InChI is InChI=1S/C23H24N4O2S.ClH/c1-16-3-8-20-21(17(16)2)25-23(30-20)27(10-9-26-11-13-29-14-12-26)22(28)19-6-4-18(15-24)5-7-19;/h3-8H,9-14H2,1-2H3;1H. The minimum absolute atomic E-state index is 0. The number of aromatic nitrogens is 1. The van der Waals surface area contributed by atoms with Gasteiger partial charge in [0.1, 0.15) is 0 Å². The zero-order chi connectivity index (χ0) is 21.1. The van der Waals surface area contributed by atoms with E-state index in [-0.39, 0.29) is 18.3 Å². The summed E-state index contributed by atoms with van der Waals surface area (Å²) in [6.07, 6.45) is 0. The van der Waals surface area contributed by atoms with Crippen LogP contribution in [0.25, 0.3) is 10.2 Å². The molecule has 4 rings (SSSR count). The summed E-state index contributed by atoms with van der Waals surface area (Å²) in [5.74, 6) is -0.0961. The molecular weight excluding hydrogens is 432 g/mol. The van der Waals surface area contributed by atoms with Crippen molar-refractivity contribution in [2.24, 2.45) is 0 Å². The van der Waals surface area contributed by atoms with E-state index >= 15 is 0 Å². The highest BCUT2D eigenvalue weighted by molar-refractivity contribution is 7.22. The minimum Gasteiger partial charge on any atom is -0.379 e. The van der Waals surface area contributed by atoms with Gasteiger partial charge in [-0.15, -0.1) is 12.4 Å². The van der Waals surface area contributed by atoms with E-state index < -0.39 is 0 Å². The number of hydrogen-bond donors (Lipinski definition) is 0. The molecule has 2 aromatic carbocycles. The number of fused-ring (bicyclic) bond motifs is 1. The number of carbonyl (C=O) groups excluding carboxylic acids is 1. The fourth-order valence-electron chi connectivity index (χ4n) is 3.52. The highest BCUT2D eigenvalue weighted by Crippen LogP contribution is 2.32.